The molecule has 18 heavy (non-hydrogen) atoms. The summed E-state index contributed by atoms with van der Waals surface area (Å²) in [5.41, 5.74) is 2.60. The van der Waals surface area contributed by atoms with Gasteiger partial charge in [-0.15, -0.1) is 0 Å². The molecule has 1 aromatic carbocycles. The molecule has 0 aliphatic heterocycles. The molecule has 0 spiro atoms. The Morgan fingerprint density at radius 2 is 1.72 bits per heavy atom. The lowest BCUT2D eigenvalue weighted by Crippen LogP contribution is -2.12. The second kappa shape index (κ2) is 5.19. The lowest BCUT2D eigenvalue weighted by molar-refractivity contribution is 0.219. The topological polar surface area (TPSA) is 36.4 Å². The Bertz CT molecular complexity index is 523. The van der Waals surface area contributed by atoms with E-state index in [2.05, 4.69) is 4.98 Å². The van der Waals surface area contributed by atoms with Crippen LogP contribution in [0.1, 0.15) is 22.9 Å². The molecule has 0 saturated heterocycles. The third kappa shape index (κ3) is 2.51. The van der Waals surface area contributed by atoms with Crippen LogP contribution >= 0.6 is 0 Å². The van der Waals surface area contributed by atoms with Crippen molar-refractivity contribution in [3.05, 3.63) is 59.3 Å². The zero-order chi connectivity index (χ0) is 13.1. The molecule has 0 radical (unpaired) electrons. The lowest BCUT2D eigenvalue weighted by atomic mass is 10.0. The summed E-state index contributed by atoms with van der Waals surface area (Å²) in [6.45, 7) is 1.93. The number of hydrogen-bond donors (Lipinski definition) is 1. The number of nitrogens with zero attached hydrogens (tertiary/aromatic N) is 2. The zero-order valence-electron chi connectivity index (χ0n) is 11.0. The molecule has 0 bridgehead atoms. The Labute approximate surface area is 108 Å². The van der Waals surface area contributed by atoms with Gasteiger partial charge in [-0.2, -0.15) is 0 Å². The summed E-state index contributed by atoms with van der Waals surface area (Å²) in [6, 6.07) is 13.5. The summed E-state index contributed by atoms with van der Waals surface area (Å²) in [7, 11) is 3.91. The maximum atomic E-state index is 10.3. The van der Waals surface area contributed by atoms with E-state index in [-0.39, 0.29) is 0 Å². The van der Waals surface area contributed by atoms with Crippen molar-refractivity contribution in [2.45, 2.75) is 13.0 Å². The van der Waals surface area contributed by atoms with Crippen molar-refractivity contribution in [1.82, 2.24) is 4.98 Å². The van der Waals surface area contributed by atoms with Crippen molar-refractivity contribution in [2.24, 2.45) is 0 Å². The highest BCUT2D eigenvalue weighted by Gasteiger charge is 2.14. The maximum Gasteiger partial charge on any atom is 0.128 e. The van der Waals surface area contributed by atoms with Gasteiger partial charge in [0.15, 0.2) is 0 Å². The van der Waals surface area contributed by atoms with Gasteiger partial charge < -0.3 is 10.0 Å². The molecule has 3 nitrogen and oxygen atoms in total. The first kappa shape index (κ1) is 12.6. The number of pyridine rings is 1. The fraction of sp³-hybridized carbons (Fsp3) is 0.267. The van der Waals surface area contributed by atoms with Gasteiger partial charge in [-0.05, 0) is 18.6 Å². The largest absolute Gasteiger partial charge is 0.384 e. The molecular formula is C15H18N2O. The summed E-state index contributed by atoms with van der Waals surface area (Å²) in [4.78, 5) is 6.44. The lowest BCUT2D eigenvalue weighted by Gasteiger charge is -2.17. The summed E-state index contributed by atoms with van der Waals surface area (Å²) in [6.07, 6.45) is -0.616. The minimum absolute atomic E-state index is 0.616. The number of aryl methyl sites for hydroxylation is 1. The molecule has 0 fully saturated rings. The molecule has 0 unspecified atom stereocenters. The molecule has 2 aromatic rings. The number of anilines is 1. The third-order valence-electron chi connectivity index (χ3n) is 2.98. The van der Waals surface area contributed by atoms with Crippen LogP contribution in [0.5, 0.6) is 0 Å². The monoisotopic (exact) mass is 242 g/mol. The quantitative estimate of drug-likeness (QED) is 0.898. The Kier molecular flexibility index (Phi) is 3.63. The summed E-state index contributed by atoms with van der Waals surface area (Å²) < 4.78 is 0. The number of hydrogen-bond acceptors (Lipinski definition) is 3. The number of rotatable bonds is 3. The first-order valence-electron chi connectivity index (χ1n) is 5.97. The fourth-order valence-corrected chi connectivity index (χ4v) is 1.91. The molecular weight excluding hydrogens is 224 g/mol. The number of aliphatic hydroxyl groups is 1. The van der Waals surface area contributed by atoms with E-state index in [1.807, 2.05) is 68.4 Å². The second-order valence-electron chi connectivity index (χ2n) is 4.55. The highest BCUT2D eigenvalue weighted by atomic mass is 16.3. The Hall–Kier alpha value is -1.87. The fourth-order valence-electron chi connectivity index (χ4n) is 1.91. The van der Waals surface area contributed by atoms with Gasteiger partial charge in [0.25, 0.3) is 0 Å². The summed E-state index contributed by atoms with van der Waals surface area (Å²) in [5, 5.41) is 10.3. The van der Waals surface area contributed by atoms with E-state index in [1.54, 1.807) is 0 Å². The van der Waals surface area contributed by atoms with Crippen molar-refractivity contribution < 1.29 is 5.11 Å². The molecule has 1 atom stereocenters. The van der Waals surface area contributed by atoms with E-state index in [9.17, 15) is 5.11 Å². The first-order valence-corrected chi connectivity index (χ1v) is 5.97. The molecule has 1 heterocycles. The van der Waals surface area contributed by atoms with Crippen molar-refractivity contribution in [3.63, 3.8) is 0 Å². The van der Waals surface area contributed by atoms with Gasteiger partial charge in [0, 0.05) is 25.4 Å². The first-order chi connectivity index (χ1) is 8.59. The highest BCUT2D eigenvalue weighted by molar-refractivity contribution is 5.42. The van der Waals surface area contributed by atoms with Crippen molar-refractivity contribution >= 4 is 5.82 Å². The van der Waals surface area contributed by atoms with Crippen LogP contribution in [0, 0.1) is 6.92 Å². The standard InChI is InChI=1S/C15H18N2O/c1-11-13(9-10-14(16-11)17(2)3)15(18)12-7-5-4-6-8-12/h4-10,15,18H,1-3H3/t15-/m1/s1. The molecule has 0 aliphatic rings. The smallest absolute Gasteiger partial charge is 0.128 e. The van der Waals surface area contributed by atoms with Gasteiger partial charge in [-0.1, -0.05) is 36.4 Å². The van der Waals surface area contributed by atoms with Crippen molar-refractivity contribution in [3.8, 4) is 0 Å². The van der Waals surface area contributed by atoms with Crippen molar-refractivity contribution in [2.75, 3.05) is 19.0 Å². The molecule has 0 amide bonds. The van der Waals surface area contributed by atoms with Gasteiger partial charge in [-0.3, -0.25) is 0 Å². The van der Waals surface area contributed by atoms with E-state index in [1.165, 1.54) is 0 Å². The normalized spacial score (nSPS) is 12.2. The maximum absolute atomic E-state index is 10.3. The van der Waals surface area contributed by atoms with E-state index >= 15 is 0 Å². The average Bonchev–Trinajstić information content (AvgIpc) is 2.38. The molecule has 94 valence electrons. The van der Waals surface area contributed by atoms with Gasteiger partial charge in [0.2, 0.25) is 0 Å². The summed E-state index contributed by atoms with van der Waals surface area (Å²) >= 11 is 0. The van der Waals surface area contributed by atoms with Gasteiger partial charge in [0.05, 0.1) is 0 Å². The van der Waals surface area contributed by atoms with E-state index in [0.29, 0.717) is 0 Å². The minimum Gasteiger partial charge on any atom is -0.384 e. The van der Waals surface area contributed by atoms with Gasteiger partial charge in [-0.25, -0.2) is 4.98 Å². The van der Waals surface area contributed by atoms with E-state index in [4.69, 9.17) is 0 Å². The molecule has 2 rings (SSSR count). The highest BCUT2D eigenvalue weighted by Crippen LogP contribution is 2.25. The predicted octanol–water partition coefficient (Wildman–Crippen LogP) is 2.54. The van der Waals surface area contributed by atoms with Gasteiger partial charge in [0.1, 0.15) is 11.9 Å². The SMILES string of the molecule is Cc1nc(N(C)C)ccc1[C@H](O)c1ccccc1. The van der Waals surface area contributed by atoms with Crippen LogP contribution < -0.4 is 4.90 Å². The Balaban J connectivity index is 2.34. The molecule has 0 aliphatic carbocycles. The molecule has 1 aromatic heterocycles. The van der Waals surface area contributed by atoms with Crippen molar-refractivity contribution in [1.29, 1.82) is 0 Å². The third-order valence-corrected chi connectivity index (χ3v) is 2.98. The summed E-state index contributed by atoms with van der Waals surface area (Å²) in [5.74, 6) is 0.900. The van der Waals surface area contributed by atoms with Crippen LogP contribution in [-0.2, 0) is 0 Å². The van der Waals surface area contributed by atoms with Crippen LogP contribution in [0.4, 0.5) is 5.82 Å². The molecule has 0 saturated carbocycles. The minimum atomic E-state index is -0.616. The van der Waals surface area contributed by atoms with Crippen LogP contribution in [0.15, 0.2) is 42.5 Å². The zero-order valence-corrected chi connectivity index (χ0v) is 11.0. The average molecular weight is 242 g/mol. The Morgan fingerprint density at radius 1 is 1.06 bits per heavy atom. The molecule has 1 N–H and O–H groups in total. The second-order valence-corrected chi connectivity index (χ2v) is 4.55. The van der Waals surface area contributed by atoms with Gasteiger partial charge >= 0.3 is 0 Å². The number of benzene rings is 1. The Morgan fingerprint density at radius 3 is 2.28 bits per heavy atom. The van der Waals surface area contributed by atoms with Crippen LogP contribution in [0.3, 0.4) is 0 Å². The molecule has 3 heteroatoms. The van der Waals surface area contributed by atoms with Crippen LogP contribution in [0.25, 0.3) is 0 Å². The van der Waals surface area contributed by atoms with Crippen LogP contribution in [0.2, 0.25) is 0 Å². The van der Waals surface area contributed by atoms with Crippen LogP contribution in [-0.4, -0.2) is 24.2 Å². The van der Waals surface area contributed by atoms with E-state index in [0.717, 1.165) is 22.6 Å². The number of aliphatic hydroxyl groups excluding tert-OH is 1. The predicted molar refractivity (Wildman–Crippen MR) is 73.8 cm³/mol. The number of aromatic nitrogens is 1. The van der Waals surface area contributed by atoms with E-state index < -0.39 is 6.10 Å².